The number of hydrogen-bond acceptors (Lipinski definition) is 6. The van der Waals surface area contributed by atoms with E-state index in [9.17, 15) is 4.79 Å². The minimum atomic E-state index is -0.112. The Morgan fingerprint density at radius 1 is 1.30 bits per heavy atom. The molecule has 0 radical (unpaired) electrons. The molecule has 33 heavy (non-hydrogen) atoms. The second kappa shape index (κ2) is 8.61. The zero-order valence-electron chi connectivity index (χ0n) is 18.6. The molecule has 1 fully saturated rings. The number of carbonyl (C=O) groups is 1. The first-order chi connectivity index (χ1) is 16.0. The number of fused-ring (bicyclic) bond motifs is 3. The fourth-order valence-corrected chi connectivity index (χ4v) is 4.45. The maximum absolute atomic E-state index is 13.0. The van der Waals surface area contributed by atoms with E-state index in [0.29, 0.717) is 40.1 Å². The Morgan fingerprint density at radius 3 is 2.94 bits per heavy atom. The maximum Gasteiger partial charge on any atom is 0.255 e. The van der Waals surface area contributed by atoms with E-state index in [4.69, 9.17) is 25.8 Å². The van der Waals surface area contributed by atoms with Crippen LogP contribution in [0.15, 0.2) is 36.7 Å². The second-order valence-corrected chi connectivity index (χ2v) is 8.67. The fourth-order valence-electron chi connectivity index (χ4n) is 4.20. The van der Waals surface area contributed by atoms with Gasteiger partial charge in [-0.1, -0.05) is 17.7 Å². The van der Waals surface area contributed by atoms with E-state index in [1.807, 2.05) is 25.1 Å². The largest absolute Gasteiger partial charge is 0.493 e. The van der Waals surface area contributed by atoms with Gasteiger partial charge in [-0.25, -0.2) is 0 Å². The predicted molar refractivity (Wildman–Crippen MR) is 126 cm³/mol. The van der Waals surface area contributed by atoms with E-state index in [2.05, 4.69) is 20.6 Å². The molecular weight excluding hydrogens is 444 g/mol. The number of anilines is 2. The molecule has 3 heterocycles. The number of hydrogen-bond donors (Lipinski definition) is 3. The monoisotopic (exact) mass is 468 g/mol. The van der Waals surface area contributed by atoms with Crippen LogP contribution in [0.25, 0.3) is 11.3 Å². The molecule has 0 saturated heterocycles. The smallest absolute Gasteiger partial charge is 0.255 e. The van der Waals surface area contributed by atoms with E-state index in [-0.39, 0.29) is 24.0 Å². The van der Waals surface area contributed by atoms with Crippen LogP contribution in [0.3, 0.4) is 0 Å². The lowest BCUT2D eigenvalue weighted by Crippen LogP contribution is -2.31. The number of halogens is 1. The summed E-state index contributed by atoms with van der Waals surface area (Å²) in [6.07, 6.45) is 4.21. The summed E-state index contributed by atoms with van der Waals surface area (Å²) in [7, 11) is 3.20. The Balaban J connectivity index is 1.63. The summed E-state index contributed by atoms with van der Waals surface area (Å²) < 4.78 is 16.9. The molecule has 3 N–H and O–H groups in total. The number of carbonyl (C=O) groups excluding carboxylic acids is 1. The first-order valence-electron chi connectivity index (χ1n) is 10.8. The van der Waals surface area contributed by atoms with Gasteiger partial charge in [0.25, 0.3) is 5.91 Å². The van der Waals surface area contributed by atoms with Gasteiger partial charge in [0, 0.05) is 36.5 Å². The normalized spacial score (nSPS) is 19.2. The molecule has 5 rings (SSSR count). The van der Waals surface area contributed by atoms with Crippen molar-refractivity contribution in [2.45, 2.75) is 31.4 Å². The third-order valence-corrected chi connectivity index (χ3v) is 6.39. The Kier molecular flexibility index (Phi) is 5.64. The number of ether oxygens (including phenoxy) is 3. The second-order valence-electron chi connectivity index (χ2n) is 8.26. The van der Waals surface area contributed by atoms with Crippen molar-refractivity contribution in [3.8, 4) is 22.8 Å². The van der Waals surface area contributed by atoms with E-state index >= 15 is 0 Å². The van der Waals surface area contributed by atoms with Crippen LogP contribution < -0.4 is 20.1 Å². The fraction of sp³-hybridized carbons (Fsp3) is 0.333. The average Bonchev–Trinajstić information content (AvgIpc) is 3.49. The highest BCUT2D eigenvalue weighted by Crippen LogP contribution is 2.51. The zero-order chi connectivity index (χ0) is 23.1. The molecule has 172 valence electrons. The van der Waals surface area contributed by atoms with Gasteiger partial charge in [-0.05, 0) is 31.5 Å². The minimum Gasteiger partial charge on any atom is -0.493 e. The van der Waals surface area contributed by atoms with E-state index in [1.165, 1.54) is 0 Å². The molecule has 2 aliphatic rings. The quantitative estimate of drug-likeness (QED) is 0.450. The summed E-state index contributed by atoms with van der Waals surface area (Å²) in [6, 6.07) is 7.49. The van der Waals surface area contributed by atoms with Gasteiger partial charge >= 0.3 is 0 Å². The van der Waals surface area contributed by atoms with E-state index in [1.54, 1.807) is 32.7 Å². The average molecular weight is 469 g/mol. The molecule has 3 atom stereocenters. The summed E-state index contributed by atoms with van der Waals surface area (Å²) >= 11 is 6.35. The van der Waals surface area contributed by atoms with Crippen molar-refractivity contribution in [3.05, 3.63) is 52.9 Å². The third-order valence-electron chi connectivity index (χ3n) is 6.09. The number of nitrogens with zero attached hydrogens (tertiary/aromatic N) is 1. The Hall–Kier alpha value is -3.23. The van der Waals surface area contributed by atoms with Crippen molar-refractivity contribution in [2.75, 3.05) is 26.1 Å². The van der Waals surface area contributed by atoms with Gasteiger partial charge < -0.3 is 29.8 Å². The van der Waals surface area contributed by atoms with Crippen LogP contribution in [-0.4, -0.2) is 48.8 Å². The van der Waals surface area contributed by atoms with Crippen molar-refractivity contribution in [3.63, 3.8) is 0 Å². The van der Waals surface area contributed by atoms with Gasteiger partial charge in [-0.2, -0.15) is 0 Å². The highest BCUT2D eigenvalue weighted by Gasteiger charge is 2.48. The number of benzene rings is 1. The van der Waals surface area contributed by atoms with Crippen molar-refractivity contribution < 1.29 is 19.0 Å². The number of methoxy groups -OCH3 is 2. The first kappa shape index (κ1) is 21.6. The SMILES string of the molecule is COc1c(Cl)cccc1Nc1c(-c2ccncc2OC[C@@H](C)OC)[nH]c2c1C(=O)N[C@H]1C[C@@H]21. The van der Waals surface area contributed by atoms with Crippen LogP contribution in [0.1, 0.15) is 35.3 Å². The van der Waals surface area contributed by atoms with Crippen molar-refractivity contribution >= 4 is 28.9 Å². The van der Waals surface area contributed by atoms with E-state index < -0.39 is 0 Å². The van der Waals surface area contributed by atoms with Gasteiger partial charge in [0.1, 0.15) is 12.4 Å². The molecule has 0 bridgehead atoms. The van der Waals surface area contributed by atoms with E-state index in [0.717, 1.165) is 23.4 Å². The van der Waals surface area contributed by atoms with Gasteiger partial charge in [0.05, 0.1) is 47.1 Å². The lowest BCUT2D eigenvalue weighted by Gasteiger charge is -2.18. The molecule has 1 aromatic carbocycles. The summed E-state index contributed by atoms with van der Waals surface area (Å²) in [5.41, 5.74) is 4.35. The summed E-state index contributed by atoms with van der Waals surface area (Å²) in [5, 5.41) is 6.97. The van der Waals surface area contributed by atoms with Gasteiger partial charge in [-0.15, -0.1) is 0 Å². The standard InChI is InChI=1S/C24H25ClN4O4/c1-12(31-2)11-33-18-10-26-8-7-13(18)21-22(27-16-6-4-5-15(25)23(16)32-3)19-20(29-21)14-9-17(14)28-24(19)30/h4-8,10,12,14,17,27,29H,9,11H2,1-3H3,(H,28,30)/t12-,14-,17+/m1/s1. The Labute approximate surface area is 196 Å². The van der Waals surface area contributed by atoms with Crippen LogP contribution in [-0.2, 0) is 4.74 Å². The Morgan fingerprint density at radius 2 is 2.15 bits per heavy atom. The molecule has 1 aliphatic heterocycles. The van der Waals surface area contributed by atoms with Crippen molar-refractivity contribution in [1.82, 2.24) is 15.3 Å². The molecular formula is C24H25ClN4O4. The molecule has 9 heteroatoms. The number of amides is 1. The predicted octanol–water partition coefficient (Wildman–Crippen LogP) is 4.50. The van der Waals surface area contributed by atoms with Crippen LogP contribution in [0.5, 0.6) is 11.5 Å². The van der Waals surface area contributed by atoms with Crippen molar-refractivity contribution in [2.24, 2.45) is 0 Å². The van der Waals surface area contributed by atoms with Crippen LogP contribution in [0.4, 0.5) is 11.4 Å². The van der Waals surface area contributed by atoms with Gasteiger partial charge in [-0.3, -0.25) is 9.78 Å². The number of rotatable bonds is 8. The number of aromatic amines is 1. The number of aromatic nitrogens is 2. The number of nitrogens with one attached hydrogen (secondary N) is 3. The van der Waals surface area contributed by atoms with Gasteiger partial charge in [0.2, 0.25) is 0 Å². The molecule has 3 aromatic rings. The highest BCUT2D eigenvalue weighted by molar-refractivity contribution is 6.32. The molecule has 1 amide bonds. The summed E-state index contributed by atoms with van der Waals surface area (Å²) in [4.78, 5) is 20.8. The first-order valence-corrected chi connectivity index (χ1v) is 11.2. The van der Waals surface area contributed by atoms with Crippen molar-refractivity contribution in [1.29, 1.82) is 0 Å². The summed E-state index contributed by atoms with van der Waals surface area (Å²) in [5.74, 6) is 1.25. The molecule has 2 aromatic heterocycles. The number of H-pyrrole nitrogens is 1. The zero-order valence-corrected chi connectivity index (χ0v) is 19.3. The lowest BCUT2D eigenvalue weighted by atomic mass is 10.0. The maximum atomic E-state index is 13.0. The molecule has 1 saturated carbocycles. The van der Waals surface area contributed by atoms with Crippen LogP contribution in [0.2, 0.25) is 5.02 Å². The molecule has 1 aliphatic carbocycles. The van der Waals surface area contributed by atoms with Gasteiger partial charge in [0.15, 0.2) is 5.75 Å². The number of para-hydroxylation sites is 1. The van der Waals surface area contributed by atoms with Crippen LogP contribution in [0, 0.1) is 0 Å². The molecule has 0 unspecified atom stereocenters. The topological polar surface area (TPSA) is 97.5 Å². The van der Waals surface area contributed by atoms with Crippen LogP contribution >= 0.6 is 11.6 Å². The molecule has 0 spiro atoms. The lowest BCUT2D eigenvalue weighted by molar-refractivity contribution is 0.0717. The Bertz CT molecular complexity index is 1210. The third kappa shape index (κ3) is 3.89. The summed E-state index contributed by atoms with van der Waals surface area (Å²) in [6.45, 7) is 2.30. The molecule has 8 nitrogen and oxygen atoms in total. The minimum absolute atomic E-state index is 0.0822. The number of pyridine rings is 1. The highest BCUT2D eigenvalue weighted by atomic mass is 35.5.